The van der Waals surface area contributed by atoms with Gasteiger partial charge in [0.15, 0.2) is 17.5 Å². The topological polar surface area (TPSA) is 43.6 Å². The van der Waals surface area contributed by atoms with Crippen molar-refractivity contribution in [2.45, 2.75) is 33.9 Å². The van der Waals surface area contributed by atoms with E-state index in [1.165, 1.54) is 12.1 Å². The summed E-state index contributed by atoms with van der Waals surface area (Å²) in [5, 5.41) is 2.20. The molecule has 0 amide bonds. The van der Waals surface area contributed by atoms with Crippen LogP contribution in [0.3, 0.4) is 0 Å². The van der Waals surface area contributed by atoms with E-state index < -0.39 is 11.7 Å². The first kappa shape index (κ1) is 33.4. The SMILES string of the molecule is CC.Cc1ccc2c(c1)c1cc(C)ccc1n2-c1ccc(-c2ccccc2C(F)(F)F)c(-c2nc(-c3ccccc3)nc(-c3ccccc3)n2)c1. The van der Waals surface area contributed by atoms with Crippen molar-refractivity contribution in [1.29, 1.82) is 0 Å². The minimum Gasteiger partial charge on any atom is -0.309 e. The summed E-state index contributed by atoms with van der Waals surface area (Å²) >= 11 is 0. The maximum atomic E-state index is 14.5. The van der Waals surface area contributed by atoms with Crippen LogP contribution in [0.4, 0.5) is 13.2 Å². The lowest BCUT2D eigenvalue weighted by Gasteiger charge is -2.18. The number of halogens is 3. The van der Waals surface area contributed by atoms with Crippen molar-refractivity contribution >= 4 is 21.8 Å². The van der Waals surface area contributed by atoms with E-state index in [1.807, 2.05) is 86.6 Å². The molecule has 4 nitrogen and oxygen atoms in total. The van der Waals surface area contributed by atoms with Gasteiger partial charge in [-0.2, -0.15) is 13.2 Å². The van der Waals surface area contributed by atoms with Crippen molar-refractivity contribution in [3.63, 3.8) is 0 Å². The smallest absolute Gasteiger partial charge is 0.309 e. The van der Waals surface area contributed by atoms with Gasteiger partial charge in [-0.15, -0.1) is 0 Å². The minimum atomic E-state index is -4.57. The summed E-state index contributed by atoms with van der Waals surface area (Å²) in [4.78, 5) is 14.7. The molecule has 8 rings (SSSR count). The molecule has 8 aromatic rings. The lowest BCUT2D eigenvalue weighted by atomic mass is 9.94. The lowest BCUT2D eigenvalue weighted by molar-refractivity contribution is -0.137. The van der Waals surface area contributed by atoms with Crippen LogP contribution < -0.4 is 0 Å². The Morgan fingerprint density at radius 3 is 1.49 bits per heavy atom. The number of aromatic nitrogens is 4. The van der Waals surface area contributed by atoms with Crippen molar-refractivity contribution in [2.75, 3.05) is 0 Å². The molecule has 0 saturated heterocycles. The second-order valence-corrected chi connectivity index (χ2v) is 12.2. The molecule has 0 aliphatic rings. The molecule has 0 atom stereocenters. The van der Waals surface area contributed by atoms with Gasteiger partial charge in [0, 0.05) is 33.2 Å². The van der Waals surface area contributed by atoms with E-state index in [1.54, 1.807) is 12.1 Å². The van der Waals surface area contributed by atoms with Gasteiger partial charge in [-0.3, -0.25) is 0 Å². The van der Waals surface area contributed by atoms with Gasteiger partial charge in [-0.1, -0.05) is 122 Å². The lowest BCUT2D eigenvalue weighted by Crippen LogP contribution is -2.08. The largest absolute Gasteiger partial charge is 0.417 e. The number of rotatable bonds is 5. The molecule has 2 heterocycles. The van der Waals surface area contributed by atoms with E-state index in [0.717, 1.165) is 55.8 Å². The first-order chi connectivity index (χ1) is 24.7. The molecule has 0 aliphatic carbocycles. The Morgan fingerprint density at radius 1 is 0.471 bits per heavy atom. The zero-order valence-corrected chi connectivity index (χ0v) is 28.7. The normalized spacial score (nSPS) is 11.4. The second-order valence-electron chi connectivity index (χ2n) is 12.2. The molecule has 0 fully saturated rings. The highest BCUT2D eigenvalue weighted by atomic mass is 19.4. The number of nitrogens with zero attached hydrogens (tertiary/aromatic N) is 4. The molecule has 51 heavy (non-hydrogen) atoms. The third-order valence-corrected chi connectivity index (χ3v) is 8.80. The molecule has 0 aliphatic heterocycles. The maximum Gasteiger partial charge on any atom is 0.417 e. The zero-order valence-electron chi connectivity index (χ0n) is 28.7. The maximum absolute atomic E-state index is 14.5. The quantitative estimate of drug-likeness (QED) is 0.182. The van der Waals surface area contributed by atoms with Crippen LogP contribution in [0, 0.1) is 13.8 Å². The highest BCUT2D eigenvalue weighted by Crippen LogP contribution is 2.42. The number of fused-ring (bicyclic) bond motifs is 3. The standard InChI is InChI=1S/C42H29F3N4.C2H6/c1-26-17-21-37-33(23-26)34-24-27(2)18-22-38(34)49(37)30-19-20-31(32-15-9-10-16-36(32)42(43,44)45)35(25-30)41-47-39(28-11-5-3-6-12-28)46-40(48-41)29-13-7-4-8-14-29;1-2/h3-25H,1-2H3;1-2H3. The average molecular weight is 677 g/mol. The number of alkyl halides is 3. The number of hydrogen-bond donors (Lipinski definition) is 0. The first-order valence-corrected chi connectivity index (χ1v) is 16.9. The van der Waals surface area contributed by atoms with E-state index in [2.05, 4.69) is 54.8 Å². The molecule has 2 aromatic heterocycles. The molecule has 0 radical (unpaired) electrons. The molecule has 0 bridgehead atoms. The van der Waals surface area contributed by atoms with Crippen LogP contribution in [0.1, 0.15) is 30.5 Å². The van der Waals surface area contributed by atoms with Gasteiger partial charge in [0.25, 0.3) is 0 Å². The van der Waals surface area contributed by atoms with Crippen molar-refractivity contribution in [2.24, 2.45) is 0 Å². The van der Waals surface area contributed by atoms with Crippen molar-refractivity contribution in [3.05, 3.63) is 156 Å². The summed E-state index contributed by atoms with van der Waals surface area (Å²) in [5.41, 5.74) is 6.72. The fourth-order valence-corrected chi connectivity index (χ4v) is 6.51. The fourth-order valence-electron chi connectivity index (χ4n) is 6.51. The van der Waals surface area contributed by atoms with Gasteiger partial charge < -0.3 is 4.57 Å². The molecule has 0 saturated carbocycles. The van der Waals surface area contributed by atoms with Crippen molar-refractivity contribution in [1.82, 2.24) is 19.5 Å². The number of hydrogen-bond acceptors (Lipinski definition) is 3. The Balaban J connectivity index is 0.00000200. The summed E-state index contributed by atoms with van der Waals surface area (Å²) in [6, 6.07) is 42.9. The second kappa shape index (κ2) is 13.7. The Bertz CT molecular complexity index is 2380. The summed E-state index contributed by atoms with van der Waals surface area (Å²) in [7, 11) is 0. The molecule has 252 valence electrons. The minimum absolute atomic E-state index is 0.0490. The van der Waals surface area contributed by atoms with Crippen molar-refractivity contribution in [3.8, 4) is 51.0 Å². The third-order valence-electron chi connectivity index (χ3n) is 8.80. The van der Waals surface area contributed by atoms with E-state index in [4.69, 9.17) is 15.0 Å². The number of aryl methyl sites for hydroxylation is 2. The predicted octanol–water partition coefficient (Wildman–Crippen LogP) is 12.3. The molecular formula is C44H35F3N4. The Morgan fingerprint density at radius 2 is 0.961 bits per heavy atom. The van der Waals surface area contributed by atoms with Gasteiger partial charge >= 0.3 is 6.18 Å². The Hall–Kier alpha value is -6.08. The molecule has 0 N–H and O–H groups in total. The van der Waals surface area contributed by atoms with Crippen LogP contribution in [0.2, 0.25) is 0 Å². The van der Waals surface area contributed by atoms with Gasteiger partial charge in [0.2, 0.25) is 0 Å². The molecule has 6 aromatic carbocycles. The summed E-state index contributed by atoms with van der Waals surface area (Å²) in [6.07, 6.45) is -4.57. The van der Waals surface area contributed by atoms with Gasteiger partial charge in [-0.25, -0.2) is 15.0 Å². The average Bonchev–Trinajstić information content (AvgIpc) is 3.48. The van der Waals surface area contributed by atoms with Crippen LogP contribution in [-0.4, -0.2) is 19.5 Å². The van der Waals surface area contributed by atoms with Gasteiger partial charge in [0.05, 0.1) is 16.6 Å². The van der Waals surface area contributed by atoms with E-state index >= 15 is 0 Å². The van der Waals surface area contributed by atoms with E-state index in [9.17, 15) is 13.2 Å². The van der Waals surface area contributed by atoms with Gasteiger partial charge in [0.1, 0.15) is 0 Å². The molecule has 0 spiro atoms. The predicted molar refractivity (Wildman–Crippen MR) is 202 cm³/mol. The molecule has 0 unspecified atom stereocenters. The third kappa shape index (κ3) is 6.39. The summed E-state index contributed by atoms with van der Waals surface area (Å²) in [5.74, 6) is 1.12. The highest BCUT2D eigenvalue weighted by Gasteiger charge is 2.34. The van der Waals surface area contributed by atoms with Crippen molar-refractivity contribution < 1.29 is 13.2 Å². The Kier molecular flexibility index (Phi) is 8.96. The first-order valence-electron chi connectivity index (χ1n) is 16.9. The fraction of sp³-hybridized carbons (Fsp3) is 0.114. The van der Waals surface area contributed by atoms with Crippen LogP contribution in [0.15, 0.2) is 140 Å². The van der Waals surface area contributed by atoms with Crippen LogP contribution in [-0.2, 0) is 6.18 Å². The summed E-state index contributed by atoms with van der Waals surface area (Å²) in [6.45, 7) is 8.14. The van der Waals surface area contributed by atoms with Crippen LogP contribution in [0.5, 0.6) is 0 Å². The van der Waals surface area contributed by atoms with Gasteiger partial charge in [-0.05, 0) is 67.4 Å². The summed E-state index contributed by atoms with van der Waals surface area (Å²) < 4.78 is 45.7. The van der Waals surface area contributed by atoms with E-state index in [0.29, 0.717) is 22.8 Å². The molecule has 7 heteroatoms. The zero-order chi connectivity index (χ0) is 35.7. The van der Waals surface area contributed by atoms with E-state index in [-0.39, 0.29) is 11.4 Å². The highest BCUT2D eigenvalue weighted by molar-refractivity contribution is 6.10. The molecular weight excluding hydrogens is 642 g/mol. The Labute approximate surface area is 294 Å². The monoisotopic (exact) mass is 676 g/mol. The van der Waals surface area contributed by atoms with Crippen LogP contribution >= 0.6 is 0 Å². The number of benzene rings is 6. The van der Waals surface area contributed by atoms with Crippen LogP contribution in [0.25, 0.3) is 72.8 Å².